The maximum absolute atomic E-state index is 8.69. The minimum atomic E-state index is 0.260. The van der Waals surface area contributed by atoms with E-state index in [0.717, 1.165) is 50.3 Å². The molecule has 0 aromatic heterocycles. The van der Waals surface area contributed by atoms with Gasteiger partial charge in [0.15, 0.2) is 0 Å². The summed E-state index contributed by atoms with van der Waals surface area (Å²) >= 11 is 0. The number of hydrogen-bond acceptors (Lipinski definition) is 4. The topological polar surface area (TPSA) is 50.7 Å². The standard InChI is InChI=1S/C15H23NO3/c17-10-2-1-9-16-13-5-7-14(8-6-13)19-12-15-4-3-11-18-15/h5-8,15-17H,1-4,9-12H2. The van der Waals surface area contributed by atoms with Crippen molar-refractivity contribution in [1.29, 1.82) is 0 Å². The Kier molecular flexibility index (Phi) is 5.98. The van der Waals surface area contributed by atoms with Crippen molar-refractivity contribution in [2.24, 2.45) is 0 Å². The van der Waals surface area contributed by atoms with E-state index in [1.165, 1.54) is 0 Å². The average molecular weight is 265 g/mol. The molecule has 2 rings (SSSR count). The van der Waals surface area contributed by atoms with Crippen LogP contribution in [0.4, 0.5) is 5.69 Å². The second kappa shape index (κ2) is 8.02. The molecule has 0 amide bonds. The normalized spacial score (nSPS) is 18.5. The molecule has 106 valence electrons. The molecule has 1 atom stereocenters. The number of aliphatic hydroxyl groups is 1. The van der Waals surface area contributed by atoms with Crippen molar-refractivity contribution in [3.8, 4) is 5.75 Å². The highest BCUT2D eigenvalue weighted by atomic mass is 16.5. The van der Waals surface area contributed by atoms with E-state index in [-0.39, 0.29) is 12.7 Å². The third-order valence-electron chi connectivity index (χ3n) is 3.23. The Labute approximate surface area is 114 Å². The lowest BCUT2D eigenvalue weighted by atomic mass is 10.2. The highest BCUT2D eigenvalue weighted by Gasteiger charge is 2.15. The fourth-order valence-electron chi connectivity index (χ4n) is 2.10. The van der Waals surface area contributed by atoms with Gasteiger partial charge in [0, 0.05) is 25.4 Å². The van der Waals surface area contributed by atoms with Crippen LogP contribution in [0.1, 0.15) is 25.7 Å². The zero-order chi connectivity index (χ0) is 13.3. The van der Waals surface area contributed by atoms with Crippen LogP contribution in [0.25, 0.3) is 0 Å². The zero-order valence-corrected chi connectivity index (χ0v) is 11.3. The molecule has 19 heavy (non-hydrogen) atoms. The number of hydrogen-bond donors (Lipinski definition) is 2. The maximum atomic E-state index is 8.69. The monoisotopic (exact) mass is 265 g/mol. The number of anilines is 1. The first-order chi connectivity index (χ1) is 9.38. The summed E-state index contributed by atoms with van der Waals surface area (Å²) in [6, 6.07) is 7.99. The summed E-state index contributed by atoms with van der Waals surface area (Å²) in [5.41, 5.74) is 1.09. The summed E-state index contributed by atoms with van der Waals surface area (Å²) in [6.45, 7) is 2.66. The lowest BCUT2D eigenvalue weighted by molar-refractivity contribution is 0.0679. The Morgan fingerprint density at radius 3 is 2.79 bits per heavy atom. The second-order valence-corrected chi connectivity index (χ2v) is 4.83. The maximum Gasteiger partial charge on any atom is 0.119 e. The van der Waals surface area contributed by atoms with Gasteiger partial charge in [-0.3, -0.25) is 0 Å². The number of benzene rings is 1. The highest BCUT2D eigenvalue weighted by Crippen LogP contribution is 2.18. The minimum absolute atomic E-state index is 0.260. The predicted octanol–water partition coefficient (Wildman–Crippen LogP) is 2.43. The summed E-state index contributed by atoms with van der Waals surface area (Å²) in [4.78, 5) is 0. The first-order valence-corrected chi connectivity index (χ1v) is 7.07. The highest BCUT2D eigenvalue weighted by molar-refractivity contribution is 5.46. The van der Waals surface area contributed by atoms with Gasteiger partial charge >= 0.3 is 0 Å². The van der Waals surface area contributed by atoms with Gasteiger partial charge in [0.25, 0.3) is 0 Å². The number of aliphatic hydroxyl groups excluding tert-OH is 1. The van der Waals surface area contributed by atoms with Gasteiger partial charge in [-0.15, -0.1) is 0 Å². The Hall–Kier alpha value is -1.26. The van der Waals surface area contributed by atoms with Gasteiger partial charge < -0.3 is 19.9 Å². The van der Waals surface area contributed by atoms with Crippen LogP contribution in [0.3, 0.4) is 0 Å². The molecule has 1 aromatic rings. The van der Waals surface area contributed by atoms with Crippen LogP contribution < -0.4 is 10.1 Å². The summed E-state index contributed by atoms with van der Waals surface area (Å²) in [5.74, 6) is 0.886. The molecule has 0 saturated carbocycles. The number of ether oxygens (including phenoxy) is 2. The molecule has 1 fully saturated rings. The molecular formula is C15H23NO3. The zero-order valence-electron chi connectivity index (χ0n) is 11.3. The van der Waals surface area contributed by atoms with Crippen molar-refractivity contribution in [3.63, 3.8) is 0 Å². The van der Waals surface area contributed by atoms with Gasteiger partial charge in [-0.25, -0.2) is 0 Å². The van der Waals surface area contributed by atoms with Crippen molar-refractivity contribution >= 4 is 5.69 Å². The van der Waals surface area contributed by atoms with Gasteiger partial charge in [-0.1, -0.05) is 0 Å². The summed E-state index contributed by atoms with van der Waals surface area (Å²) in [7, 11) is 0. The third kappa shape index (κ3) is 5.09. The van der Waals surface area contributed by atoms with Crippen molar-refractivity contribution in [1.82, 2.24) is 0 Å². The van der Waals surface area contributed by atoms with Gasteiger partial charge in [0.2, 0.25) is 0 Å². The van der Waals surface area contributed by atoms with Crippen LogP contribution in [0.2, 0.25) is 0 Å². The van der Waals surface area contributed by atoms with E-state index < -0.39 is 0 Å². The molecular weight excluding hydrogens is 242 g/mol. The van der Waals surface area contributed by atoms with Gasteiger partial charge in [0.05, 0.1) is 6.10 Å². The van der Waals surface area contributed by atoms with Crippen LogP contribution in [-0.4, -0.2) is 37.6 Å². The Morgan fingerprint density at radius 2 is 2.11 bits per heavy atom. The Morgan fingerprint density at radius 1 is 1.26 bits per heavy atom. The fourth-order valence-corrected chi connectivity index (χ4v) is 2.10. The first-order valence-electron chi connectivity index (χ1n) is 7.07. The largest absolute Gasteiger partial charge is 0.491 e. The molecule has 4 nitrogen and oxygen atoms in total. The molecule has 1 aromatic carbocycles. The van der Waals surface area contributed by atoms with E-state index in [1.54, 1.807) is 0 Å². The molecule has 4 heteroatoms. The molecule has 2 N–H and O–H groups in total. The van der Waals surface area contributed by atoms with Crippen molar-refractivity contribution in [2.75, 3.05) is 31.7 Å². The summed E-state index contributed by atoms with van der Waals surface area (Å²) in [5, 5.41) is 12.0. The number of nitrogens with one attached hydrogen (secondary N) is 1. The van der Waals surface area contributed by atoms with Crippen LogP contribution in [0.15, 0.2) is 24.3 Å². The molecule has 0 aliphatic carbocycles. The molecule has 1 saturated heterocycles. The minimum Gasteiger partial charge on any atom is -0.491 e. The molecule has 0 spiro atoms. The SMILES string of the molecule is OCCCCNc1ccc(OCC2CCCO2)cc1. The van der Waals surface area contributed by atoms with Crippen molar-refractivity contribution in [3.05, 3.63) is 24.3 Å². The van der Waals surface area contributed by atoms with Crippen LogP contribution in [0, 0.1) is 0 Å². The Bertz CT molecular complexity index is 347. The molecule has 1 aliphatic rings. The van der Waals surface area contributed by atoms with Crippen molar-refractivity contribution in [2.45, 2.75) is 31.8 Å². The molecule has 0 radical (unpaired) electrons. The lowest BCUT2D eigenvalue weighted by Crippen LogP contribution is -2.16. The summed E-state index contributed by atoms with van der Waals surface area (Å²) in [6.07, 6.45) is 4.33. The molecule has 1 unspecified atom stereocenters. The second-order valence-electron chi connectivity index (χ2n) is 4.83. The quantitative estimate of drug-likeness (QED) is 0.709. The molecule has 0 bridgehead atoms. The van der Waals surface area contributed by atoms with Crippen LogP contribution in [0.5, 0.6) is 5.75 Å². The average Bonchev–Trinajstić information content (AvgIpc) is 2.96. The smallest absolute Gasteiger partial charge is 0.119 e. The van der Waals surface area contributed by atoms with E-state index in [9.17, 15) is 0 Å². The number of rotatable bonds is 8. The van der Waals surface area contributed by atoms with E-state index in [0.29, 0.717) is 6.61 Å². The van der Waals surface area contributed by atoms with Gasteiger partial charge in [-0.2, -0.15) is 0 Å². The lowest BCUT2D eigenvalue weighted by Gasteiger charge is -2.12. The van der Waals surface area contributed by atoms with E-state index in [1.807, 2.05) is 24.3 Å². The third-order valence-corrected chi connectivity index (χ3v) is 3.23. The predicted molar refractivity (Wildman–Crippen MR) is 75.7 cm³/mol. The number of unbranched alkanes of at least 4 members (excludes halogenated alkanes) is 1. The van der Waals surface area contributed by atoms with Crippen molar-refractivity contribution < 1.29 is 14.6 Å². The molecule has 1 heterocycles. The van der Waals surface area contributed by atoms with E-state index in [4.69, 9.17) is 14.6 Å². The fraction of sp³-hybridized carbons (Fsp3) is 0.600. The summed E-state index contributed by atoms with van der Waals surface area (Å²) < 4.78 is 11.2. The first kappa shape index (κ1) is 14.2. The molecule has 1 aliphatic heterocycles. The van der Waals surface area contributed by atoms with E-state index >= 15 is 0 Å². The Balaban J connectivity index is 1.68. The van der Waals surface area contributed by atoms with Gasteiger partial charge in [-0.05, 0) is 49.9 Å². The van der Waals surface area contributed by atoms with E-state index in [2.05, 4.69) is 5.32 Å². The van der Waals surface area contributed by atoms with Crippen LogP contribution in [-0.2, 0) is 4.74 Å². The van der Waals surface area contributed by atoms with Crippen LogP contribution >= 0.6 is 0 Å². The van der Waals surface area contributed by atoms with Gasteiger partial charge in [0.1, 0.15) is 12.4 Å².